The average Bonchev–Trinajstić information content (AvgIpc) is 2.66. The van der Waals surface area contributed by atoms with Crippen LogP contribution in [0.3, 0.4) is 0 Å². The summed E-state index contributed by atoms with van der Waals surface area (Å²) < 4.78 is 39.2. The summed E-state index contributed by atoms with van der Waals surface area (Å²) >= 11 is 0. The van der Waals surface area contributed by atoms with E-state index in [9.17, 15) is 22.4 Å². The molecular weight excluding hydrogens is 373 g/mol. The van der Waals surface area contributed by atoms with Crippen molar-refractivity contribution in [2.45, 2.75) is 18.2 Å². The summed E-state index contributed by atoms with van der Waals surface area (Å²) in [6.45, 7) is 1.80. The monoisotopic (exact) mass is 393 g/mol. The van der Waals surface area contributed by atoms with Crippen molar-refractivity contribution >= 4 is 27.5 Å². The van der Waals surface area contributed by atoms with E-state index in [1.165, 1.54) is 0 Å². The highest BCUT2D eigenvalue weighted by atomic mass is 32.2. The number of sulfonamides is 1. The van der Waals surface area contributed by atoms with E-state index in [2.05, 4.69) is 15.4 Å². The van der Waals surface area contributed by atoms with Gasteiger partial charge in [0.2, 0.25) is 15.9 Å². The molecule has 2 aromatic carbocycles. The number of carbonyl (C=O) groups excluding carboxylic acids is 2. The number of hydrogen-bond acceptors (Lipinski definition) is 4. The van der Waals surface area contributed by atoms with Crippen molar-refractivity contribution in [2.24, 2.45) is 0 Å². The Balaban J connectivity index is 1.82. The van der Waals surface area contributed by atoms with Crippen molar-refractivity contribution in [3.8, 4) is 0 Å². The number of rotatable bonds is 8. The molecule has 0 radical (unpaired) electrons. The smallest absolute Gasteiger partial charge is 0.251 e. The molecule has 7 nitrogen and oxygen atoms in total. The summed E-state index contributed by atoms with van der Waals surface area (Å²) in [6, 6.07) is 10.8. The van der Waals surface area contributed by atoms with Gasteiger partial charge in [0.25, 0.3) is 5.91 Å². The molecule has 2 amide bonds. The third kappa shape index (κ3) is 6.15. The van der Waals surface area contributed by atoms with Crippen LogP contribution in [0.15, 0.2) is 53.4 Å². The molecule has 9 heteroatoms. The van der Waals surface area contributed by atoms with Gasteiger partial charge in [-0.2, -0.15) is 0 Å². The highest BCUT2D eigenvalue weighted by molar-refractivity contribution is 7.89. The molecule has 0 atom stereocenters. The predicted molar refractivity (Wildman–Crippen MR) is 99.3 cm³/mol. The summed E-state index contributed by atoms with van der Waals surface area (Å²) in [5, 5.41) is 5.27. The fourth-order valence-electron chi connectivity index (χ4n) is 2.11. The van der Waals surface area contributed by atoms with Crippen LogP contribution in [-0.4, -0.2) is 33.3 Å². The molecule has 0 spiro atoms. The van der Waals surface area contributed by atoms with Crippen molar-refractivity contribution in [3.63, 3.8) is 0 Å². The Morgan fingerprint density at radius 2 is 1.59 bits per heavy atom. The van der Waals surface area contributed by atoms with Gasteiger partial charge in [-0.25, -0.2) is 17.5 Å². The van der Waals surface area contributed by atoms with Crippen LogP contribution in [0.25, 0.3) is 0 Å². The van der Waals surface area contributed by atoms with Gasteiger partial charge in [-0.1, -0.05) is 6.92 Å². The zero-order chi connectivity index (χ0) is 19.9. The van der Waals surface area contributed by atoms with E-state index < -0.39 is 15.8 Å². The number of hydrogen-bond donors (Lipinski definition) is 3. The zero-order valence-corrected chi connectivity index (χ0v) is 15.5. The molecule has 0 fully saturated rings. The van der Waals surface area contributed by atoms with E-state index >= 15 is 0 Å². The third-order valence-corrected chi connectivity index (χ3v) is 5.06. The first-order valence-corrected chi connectivity index (χ1v) is 9.73. The molecule has 0 unspecified atom stereocenters. The van der Waals surface area contributed by atoms with Crippen LogP contribution >= 0.6 is 0 Å². The summed E-state index contributed by atoms with van der Waals surface area (Å²) in [5.74, 6) is -1.02. The third-order valence-electron chi connectivity index (χ3n) is 3.58. The van der Waals surface area contributed by atoms with Crippen molar-refractivity contribution in [2.75, 3.05) is 18.4 Å². The summed E-state index contributed by atoms with van der Waals surface area (Å²) in [5.41, 5.74) is 0.969. The van der Waals surface area contributed by atoms with Crippen molar-refractivity contribution in [1.29, 1.82) is 0 Å². The van der Waals surface area contributed by atoms with Crippen molar-refractivity contribution in [3.05, 3.63) is 59.9 Å². The van der Waals surface area contributed by atoms with Crippen molar-refractivity contribution < 1.29 is 22.4 Å². The molecule has 0 aliphatic heterocycles. The normalized spacial score (nSPS) is 11.0. The van der Waals surface area contributed by atoms with Crippen LogP contribution in [0.4, 0.5) is 10.1 Å². The SMILES string of the molecule is CCC(=O)Nc1ccc(C(=O)NCCNS(=O)(=O)c2ccc(F)cc2)cc1. The molecule has 2 rings (SSSR count). The molecule has 0 heterocycles. The van der Waals surface area contributed by atoms with Crippen LogP contribution in [0.2, 0.25) is 0 Å². The molecule has 144 valence electrons. The number of carbonyl (C=O) groups is 2. The van der Waals surface area contributed by atoms with Crippen LogP contribution in [-0.2, 0) is 14.8 Å². The molecule has 3 N–H and O–H groups in total. The van der Waals surface area contributed by atoms with Crippen LogP contribution in [0.1, 0.15) is 23.7 Å². The maximum atomic E-state index is 12.9. The van der Waals surface area contributed by atoms with Gasteiger partial charge in [0.15, 0.2) is 0 Å². The fourth-order valence-corrected chi connectivity index (χ4v) is 3.15. The molecule has 27 heavy (non-hydrogen) atoms. The second kappa shape index (κ2) is 9.24. The highest BCUT2D eigenvalue weighted by Gasteiger charge is 2.13. The molecule has 0 saturated carbocycles. The second-order valence-corrected chi connectivity index (χ2v) is 7.35. The molecule has 0 saturated heterocycles. The average molecular weight is 393 g/mol. The Hall–Kier alpha value is -2.78. The number of benzene rings is 2. The topological polar surface area (TPSA) is 104 Å². The Morgan fingerprint density at radius 1 is 0.963 bits per heavy atom. The largest absolute Gasteiger partial charge is 0.351 e. The number of nitrogens with one attached hydrogen (secondary N) is 3. The lowest BCUT2D eigenvalue weighted by molar-refractivity contribution is -0.115. The Morgan fingerprint density at radius 3 is 2.19 bits per heavy atom. The van der Waals surface area contributed by atoms with Gasteiger partial charge in [-0.05, 0) is 48.5 Å². The Kier molecular flexibility index (Phi) is 7.03. The molecule has 0 aliphatic rings. The van der Waals surface area contributed by atoms with Gasteiger partial charge in [0.1, 0.15) is 5.82 Å². The molecule has 0 aliphatic carbocycles. The highest BCUT2D eigenvalue weighted by Crippen LogP contribution is 2.10. The Labute approximate surface area is 157 Å². The van der Waals surface area contributed by atoms with Crippen LogP contribution in [0, 0.1) is 5.82 Å². The quantitative estimate of drug-likeness (QED) is 0.596. The van der Waals surface area contributed by atoms with Gasteiger partial charge >= 0.3 is 0 Å². The minimum Gasteiger partial charge on any atom is -0.351 e. The van der Waals surface area contributed by atoms with Crippen molar-refractivity contribution in [1.82, 2.24) is 10.0 Å². The number of amides is 2. The van der Waals surface area contributed by atoms with E-state index in [1.54, 1.807) is 31.2 Å². The molecule has 0 aromatic heterocycles. The number of anilines is 1. The summed E-state index contributed by atoms with van der Waals surface area (Å²) in [4.78, 5) is 23.3. The van der Waals surface area contributed by atoms with E-state index in [1.807, 2.05) is 0 Å². The first-order chi connectivity index (χ1) is 12.8. The van der Waals surface area contributed by atoms with Gasteiger partial charge in [0, 0.05) is 30.8 Å². The summed E-state index contributed by atoms with van der Waals surface area (Å²) in [7, 11) is -3.77. The molecule has 2 aromatic rings. The minimum atomic E-state index is -3.77. The van der Waals surface area contributed by atoms with Gasteiger partial charge in [0.05, 0.1) is 4.90 Å². The van der Waals surface area contributed by atoms with Crippen LogP contribution < -0.4 is 15.4 Å². The van der Waals surface area contributed by atoms with E-state index in [-0.39, 0.29) is 29.8 Å². The first kappa shape index (κ1) is 20.5. The summed E-state index contributed by atoms with van der Waals surface area (Å²) in [6.07, 6.45) is 0.357. The van der Waals surface area contributed by atoms with Gasteiger partial charge in [-0.15, -0.1) is 0 Å². The molecular formula is C18H20FN3O4S. The van der Waals surface area contributed by atoms with E-state index in [4.69, 9.17) is 0 Å². The standard InChI is InChI=1S/C18H20FN3O4S/c1-2-17(23)22-15-7-3-13(4-8-15)18(24)20-11-12-21-27(25,26)16-9-5-14(19)6-10-16/h3-10,21H,2,11-12H2,1H3,(H,20,24)(H,22,23). The van der Waals surface area contributed by atoms with Gasteiger partial charge < -0.3 is 10.6 Å². The predicted octanol–water partition coefficient (Wildman–Crippen LogP) is 1.88. The lowest BCUT2D eigenvalue weighted by atomic mass is 10.2. The lowest BCUT2D eigenvalue weighted by Crippen LogP contribution is -2.34. The van der Waals surface area contributed by atoms with E-state index in [0.29, 0.717) is 17.7 Å². The number of halogens is 1. The fraction of sp³-hybridized carbons (Fsp3) is 0.222. The Bertz CT molecular complexity index is 897. The minimum absolute atomic E-state index is 0.0178. The van der Waals surface area contributed by atoms with Gasteiger partial charge in [-0.3, -0.25) is 9.59 Å². The maximum Gasteiger partial charge on any atom is 0.251 e. The van der Waals surface area contributed by atoms with Crippen LogP contribution in [0.5, 0.6) is 0 Å². The maximum absolute atomic E-state index is 12.9. The lowest BCUT2D eigenvalue weighted by Gasteiger charge is -2.09. The first-order valence-electron chi connectivity index (χ1n) is 8.25. The molecule has 0 bridgehead atoms. The zero-order valence-electron chi connectivity index (χ0n) is 14.7. The van der Waals surface area contributed by atoms with E-state index in [0.717, 1.165) is 24.3 Å². The second-order valence-electron chi connectivity index (χ2n) is 5.59.